The van der Waals surface area contributed by atoms with Crippen LogP contribution in [0, 0.1) is 6.92 Å². The van der Waals surface area contributed by atoms with Gasteiger partial charge in [0, 0.05) is 32.1 Å². The van der Waals surface area contributed by atoms with Crippen molar-refractivity contribution in [2.24, 2.45) is 0 Å². The summed E-state index contributed by atoms with van der Waals surface area (Å²) in [6.07, 6.45) is 0.262. The highest BCUT2D eigenvalue weighted by Crippen LogP contribution is 2.12. The second-order valence-electron chi connectivity index (χ2n) is 4.46. The normalized spacial score (nSPS) is 19.3. The Kier molecular flexibility index (Phi) is 4.49. The molecule has 2 amide bonds. The zero-order chi connectivity index (χ0) is 13.8. The number of piperazine rings is 1. The van der Waals surface area contributed by atoms with E-state index in [4.69, 9.17) is 0 Å². The van der Waals surface area contributed by atoms with Crippen molar-refractivity contribution in [2.75, 3.05) is 26.7 Å². The minimum Gasteiger partial charge on any atom is -0.357 e. The molecule has 1 aliphatic heterocycles. The summed E-state index contributed by atoms with van der Waals surface area (Å²) in [6, 6.07) is -0.425. The van der Waals surface area contributed by atoms with Crippen molar-refractivity contribution in [3.8, 4) is 0 Å². The van der Waals surface area contributed by atoms with Crippen LogP contribution >= 0.6 is 11.3 Å². The van der Waals surface area contributed by atoms with Crippen LogP contribution in [-0.4, -0.2) is 54.4 Å². The van der Waals surface area contributed by atoms with Crippen LogP contribution in [0.5, 0.6) is 0 Å². The van der Waals surface area contributed by atoms with Gasteiger partial charge in [0.15, 0.2) is 0 Å². The predicted molar refractivity (Wildman–Crippen MR) is 73.0 cm³/mol. The molecule has 0 unspecified atom stereocenters. The third-order valence-corrected chi connectivity index (χ3v) is 3.93. The molecule has 1 fully saturated rings. The van der Waals surface area contributed by atoms with Crippen LogP contribution in [0.25, 0.3) is 0 Å². The lowest BCUT2D eigenvalue weighted by atomic mass is 10.1. The van der Waals surface area contributed by atoms with Gasteiger partial charge in [-0.05, 0) is 6.92 Å². The number of hydrogen-bond donors (Lipinski definition) is 2. The number of hydrogen-bond acceptors (Lipinski definition) is 5. The first-order valence-corrected chi connectivity index (χ1v) is 7.12. The quantitative estimate of drug-likeness (QED) is 0.787. The molecule has 7 heteroatoms. The molecule has 0 bridgehead atoms. The fraction of sp³-hybridized carbons (Fsp3) is 0.583. The van der Waals surface area contributed by atoms with Gasteiger partial charge in [-0.15, -0.1) is 11.3 Å². The van der Waals surface area contributed by atoms with Gasteiger partial charge in [0.25, 0.3) is 0 Å². The summed E-state index contributed by atoms with van der Waals surface area (Å²) in [5.41, 5.74) is 0.779. The summed E-state index contributed by atoms with van der Waals surface area (Å²) in [4.78, 5) is 30.0. The molecule has 0 radical (unpaired) electrons. The molecule has 1 saturated heterocycles. The Labute approximate surface area is 116 Å². The molecule has 0 aliphatic carbocycles. The second kappa shape index (κ2) is 6.12. The maximum Gasteiger partial charge on any atom is 0.243 e. The average Bonchev–Trinajstić information content (AvgIpc) is 2.83. The number of likely N-dealkylation sites (N-methyl/N-ethyl adjacent to an activating group) is 1. The monoisotopic (exact) mass is 282 g/mol. The highest BCUT2D eigenvalue weighted by molar-refractivity contribution is 7.09. The molecule has 1 atom stereocenters. The Hall–Kier alpha value is -1.47. The molecule has 2 N–H and O–H groups in total. The molecule has 104 valence electrons. The van der Waals surface area contributed by atoms with Crippen molar-refractivity contribution >= 4 is 23.2 Å². The number of nitrogens with one attached hydrogen (secondary N) is 2. The van der Waals surface area contributed by atoms with Gasteiger partial charge in [-0.25, -0.2) is 4.98 Å². The number of carbonyl (C=O) groups excluding carboxylic acids is 2. The summed E-state index contributed by atoms with van der Waals surface area (Å²) in [6.45, 7) is 3.69. The maximum atomic E-state index is 12.3. The Bertz CT molecular complexity index is 474. The van der Waals surface area contributed by atoms with Crippen molar-refractivity contribution in [2.45, 2.75) is 19.4 Å². The standard InChI is InChI=1S/C12H18N4O2S/c1-8-15-9(7-19-8)5-11(17)16-4-3-14-6-10(16)12(18)13-2/h7,10,14H,3-6H2,1-2H3,(H,13,18)/t10-/m1/s1. The number of aryl methyl sites for hydroxylation is 1. The highest BCUT2D eigenvalue weighted by atomic mass is 32.1. The number of rotatable bonds is 3. The topological polar surface area (TPSA) is 74.3 Å². The maximum absolute atomic E-state index is 12.3. The minimum atomic E-state index is -0.425. The molecular formula is C12H18N4O2S. The lowest BCUT2D eigenvalue weighted by molar-refractivity contribution is -0.140. The van der Waals surface area contributed by atoms with Gasteiger partial charge < -0.3 is 15.5 Å². The van der Waals surface area contributed by atoms with Crippen molar-refractivity contribution in [3.63, 3.8) is 0 Å². The molecule has 2 heterocycles. The molecule has 0 saturated carbocycles. The van der Waals surface area contributed by atoms with E-state index in [1.165, 1.54) is 11.3 Å². The van der Waals surface area contributed by atoms with Crippen molar-refractivity contribution in [3.05, 3.63) is 16.1 Å². The van der Waals surface area contributed by atoms with E-state index < -0.39 is 6.04 Å². The average molecular weight is 282 g/mol. The van der Waals surface area contributed by atoms with E-state index in [0.29, 0.717) is 13.1 Å². The summed E-state index contributed by atoms with van der Waals surface area (Å²) in [5.74, 6) is -0.171. The van der Waals surface area contributed by atoms with E-state index in [0.717, 1.165) is 17.2 Å². The van der Waals surface area contributed by atoms with Crippen LogP contribution in [0.1, 0.15) is 10.7 Å². The molecule has 0 spiro atoms. The van der Waals surface area contributed by atoms with Crippen LogP contribution in [-0.2, 0) is 16.0 Å². The number of nitrogens with zero attached hydrogens (tertiary/aromatic N) is 2. The van der Waals surface area contributed by atoms with E-state index in [-0.39, 0.29) is 18.2 Å². The number of amides is 2. The minimum absolute atomic E-state index is 0.0413. The third-order valence-electron chi connectivity index (χ3n) is 3.11. The SMILES string of the molecule is CNC(=O)[C@H]1CNCCN1C(=O)Cc1csc(C)n1. The first-order chi connectivity index (χ1) is 9.11. The highest BCUT2D eigenvalue weighted by Gasteiger charge is 2.31. The summed E-state index contributed by atoms with van der Waals surface area (Å²) < 4.78 is 0. The van der Waals surface area contributed by atoms with Gasteiger partial charge in [-0.2, -0.15) is 0 Å². The molecule has 19 heavy (non-hydrogen) atoms. The molecule has 1 aromatic rings. The molecule has 2 rings (SSSR count). The Morgan fingerprint density at radius 1 is 1.63 bits per heavy atom. The number of thiazole rings is 1. The lowest BCUT2D eigenvalue weighted by Crippen LogP contribution is -2.59. The van der Waals surface area contributed by atoms with E-state index in [1.54, 1.807) is 11.9 Å². The summed E-state index contributed by atoms with van der Waals surface area (Å²) in [7, 11) is 1.59. The molecule has 1 aliphatic rings. The molecule has 0 aromatic carbocycles. The van der Waals surface area contributed by atoms with Gasteiger partial charge in [-0.1, -0.05) is 0 Å². The van der Waals surface area contributed by atoms with Gasteiger partial charge in [0.1, 0.15) is 6.04 Å². The Morgan fingerprint density at radius 2 is 2.42 bits per heavy atom. The van der Waals surface area contributed by atoms with Gasteiger partial charge in [-0.3, -0.25) is 9.59 Å². The van der Waals surface area contributed by atoms with E-state index in [1.807, 2.05) is 12.3 Å². The largest absolute Gasteiger partial charge is 0.357 e. The zero-order valence-corrected chi connectivity index (χ0v) is 11.9. The zero-order valence-electron chi connectivity index (χ0n) is 11.1. The Balaban J connectivity index is 2.05. The molecule has 6 nitrogen and oxygen atoms in total. The van der Waals surface area contributed by atoms with Gasteiger partial charge in [0.05, 0.1) is 17.1 Å². The number of carbonyl (C=O) groups is 2. The van der Waals surface area contributed by atoms with Crippen molar-refractivity contribution in [1.29, 1.82) is 0 Å². The smallest absolute Gasteiger partial charge is 0.243 e. The van der Waals surface area contributed by atoms with Crippen LogP contribution in [0.2, 0.25) is 0 Å². The van der Waals surface area contributed by atoms with Crippen LogP contribution in [0.4, 0.5) is 0 Å². The van der Waals surface area contributed by atoms with E-state index in [2.05, 4.69) is 15.6 Å². The fourth-order valence-electron chi connectivity index (χ4n) is 2.15. The van der Waals surface area contributed by atoms with Crippen LogP contribution in [0.3, 0.4) is 0 Å². The predicted octanol–water partition coefficient (Wildman–Crippen LogP) is -0.460. The van der Waals surface area contributed by atoms with Crippen molar-refractivity contribution < 1.29 is 9.59 Å². The van der Waals surface area contributed by atoms with Crippen LogP contribution < -0.4 is 10.6 Å². The van der Waals surface area contributed by atoms with E-state index >= 15 is 0 Å². The summed E-state index contributed by atoms with van der Waals surface area (Å²) >= 11 is 1.53. The van der Waals surface area contributed by atoms with Gasteiger partial charge in [0.2, 0.25) is 11.8 Å². The van der Waals surface area contributed by atoms with Crippen LogP contribution in [0.15, 0.2) is 5.38 Å². The lowest BCUT2D eigenvalue weighted by Gasteiger charge is -2.34. The third kappa shape index (κ3) is 3.30. The summed E-state index contributed by atoms with van der Waals surface area (Å²) in [5, 5.41) is 8.58. The first kappa shape index (κ1) is 14.0. The first-order valence-electron chi connectivity index (χ1n) is 6.24. The molecular weight excluding hydrogens is 264 g/mol. The fourth-order valence-corrected chi connectivity index (χ4v) is 2.76. The molecule has 1 aromatic heterocycles. The van der Waals surface area contributed by atoms with Crippen molar-refractivity contribution in [1.82, 2.24) is 20.5 Å². The van der Waals surface area contributed by atoms with Gasteiger partial charge >= 0.3 is 0 Å². The second-order valence-corrected chi connectivity index (χ2v) is 5.52. The number of aromatic nitrogens is 1. The Morgan fingerprint density at radius 3 is 3.05 bits per heavy atom. The van der Waals surface area contributed by atoms with E-state index in [9.17, 15) is 9.59 Å².